The molecule has 1 fully saturated rings. The summed E-state index contributed by atoms with van der Waals surface area (Å²) < 4.78 is 0. The maximum Gasteiger partial charge on any atom is 0.158 e. The average Bonchev–Trinajstić information content (AvgIpc) is 1.65. The molecule has 7 heavy (non-hydrogen) atoms. The van der Waals surface area contributed by atoms with Crippen LogP contribution in [0.5, 0.6) is 0 Å². The largest absolute Gasteiger partial charge is 0.295 e. The van der Waals surface area contributed by atoms with Gasteiger partial charge in [-0.1, -0.05) is 6.08 Å². The molecule has 1 aliphatic rings. The quantitative estimate of drug-likeness (QED) is 0.415. The molecule has 0 N–H and O–H groups in total. The molecule has 0 saturated heterocycles. The lowest BCUT2D eigenvalue weighted by molar-refractivity contribution is -0.118. The second kappa shape index (κ2) is 1.49. The predicted octanol–water partition coefficient (Wildman–Crippen LogP) is 1.30. The molecule has 0 radical (unpaired) electrons. The van der Waals surface area contributed by atoms with Gasteiger partial charge in [-0.3, -0.25) is 4.79 Å². The van der Waals surface area contributed by atoms with Crippen LogP contribution in [0, 0.1) is 0 Å². The van der Waals surface area contributed by atoms with Crippen molar-refractivity contribution in [2.75, 3.05) is 0 Å². The first-order chi connectivity index (χ1) is 3.34. The molecular formula is C6H8O. The number of hydrogen-bond donors (Lipinski definition) is 0. The standard InChI is InChI=1S/C6H8O/c1-2-5-3-4-6(5)7/h2H,3-4H2,1H3/b5-2-. The van der Waals surface area contributed by atoms with Crippen LogP contribution >= 0.6 is 0 Å². The van der Waals surface area contributed by atoms with E-state index in [4.69, 9.17) is 0 Å². The summed E-state index contributed by atoms with van der Waals surface area (Å²) >= 11 is 0. The molecule has 0 bridgehead atoms. The molecular weight excluding hydrogens is 88.1 g/mol. The number of hydrogen-bond acceptors (Lipinski definition) is 1. The fraction of sp³-hybridized carbons (Fsp3) is 0.500. The van der Waals surface area contributed by atoms with Crippen LogP contribution in [0.1, 0.15) is 19.8 Å². The Morgan fingerprint density at radius 1 is 1.57 bits per heavy atom. The second-order valence-electron chi connectivity index (χ2n) is 1.74. The topological polar surface area (TPSA) is 17.1 Å². The lowest BCUT2D eigenvalue weighted by Gasteiger charge is -2.12. The van der Waals surface area contributed by atoms with Gasteiger partial charge in [0.2, 0.25) is 0 Å². The van der Waals surface area contributed by atoms with Crippen LogP contribution in [-0.4, -0.2) is 5.78 Å². The first-order valence-corrected chi connectivity index (χ1v) is 2.53. The highest BCUT2D eigenvalue weighted by atomic mass is 16.1. The van der Waals surface area contributed by atoms with E-state index in [1.54, 1.807) is 0 Å². The van der Waals surface area contributed by atoms with E-state index >= 15 is 0 Å². The van der Waals surface area contributed by atoms with Crippen LogP contribution in [0.15, 0.2) is 11.6 Å². The van der Waals surface area contributed by atoms with Crippen molar-refractivity contribution >= 4 is 5.78 Å². The molecule has 0 aromatic rings. The van der Waals surface area contributed by atoms with E-state index in [1.165, 1.54) is 0 Å². The maximum absolute atomic E-state index is 10.4. The van der Waals surface area contributed by atoms with Gasteiger partial charge in [0.1, 0.15) is 0 Å². The molecule has 1 nitrogen and oxygen atoms in total. The maximum atomic E-state index is 10.4. The van der Waals surface area contributed by atoms with Crippen molar-refractivity contribution in [1.82, 2.24) is 0 Å². The van der Waals surface area contributed by atoms with Crippen molar-refractivity contribution in [2.24, 2.45) is 0 Å². The molecule has 0 aliphatic heterocycles. The summed E-state index contributed by atoms with van der Waals surface area (Å²) in [5.74, 6) is 0.336. The second-order valence-corrected chi connectivity index (χ2v) is 1.74. The van der Waals surface area contributed by atoms with Crippen LogP contribution in [0.3, 0.4) is 0 Å². The Hall–Kier alpha value is -0.590. The van der Waals surface area contributed by atoms with Crippen molar-refractivity contribution < 1.29 is 4.79 Å². The number of ketones is 1. The predicted molar refractivity (Wildman–Crippen MR) is 28.0 cm³/mol. The minimum atomic E-state index is 0.336. The van der Waals surface area contributed by atoms with Crippen molar-refractivity contribution in [3.05, 3.63) is 11.6 Å². The van der Waals surface area contributed by atoms with Gasteiger partial charge in [0.05, 0.1) is 0 Å². The summed E-state index contributed by atoms with van der Waals surface area (Å²) in [5, 5.41) is 0. The molecule has 0 unspecified atom stereocenters. The zero-order valence-corrected chi connectivity index (χ0v) is 4.40. The molecule has 0 aromatic carbocycles. The molecule has 1 saturated carbocycles. The molecule has 0 heterocycles. The minimum Gasteiger partial charge on any atom is -0.295 e. The van der Waals surface area contributed by atoms with E-state index in [9.17, 15) is 4.79 Å². The number of allylic oxidation sites excluding steroid dienone is 2. The van der Waals surface area contributed by atoms with Gasteiger partial charge in [-0.05, 0) is 18.9 Å². The summed E-state index contributed by atoms with van der Waals surface area (Å²) in [6, 6.07) is 0. The number of carbonyl (C=O) groups excluding carboxylic acids is 1. The van der Waals surface area contributed by atoms with Gasteiger partial charge in [-0.25, -0.2) is 0 Å². The minimum absolute atomic E-state index is 0.336. The summed E-state index contributed by atoms with van der Waals surface area (Å²) in [5.41, 5.74) is 1.01. The van der Waals surface area contributed by atoms with E-state index in [0.717, 1.165) is 18.4 Å². The van der Waals surface area contributed by atoms with E-state index in [0.29, 0.717) is 5.78 Å². The Morgan fingerprint density at radius 3 is 2.29 bits per heavy atom. The van der Waals surface area contributed by atoms with E-state index in [1.807, 2.05) is 13.0 Å². The average molecular weight is 96.1 g/mol. The van der Waals surface area contributed by atoms with Crippen molar-refractivity contribution in [1.29, 1.82) is 0 Å². The Labute approximate surface area is 43.0 Å². The third-order valence-corrected chi connectivity index (χ3v) is 1.33. The summed E-state index contributed by atoms with van der Waals surface area (Å²) in [6.07, 6.45) is 3.68. The van der Waals surface area contributed by atoms with Crippen LogP contribution in [-0.2, 0) is 4.79 Å². The molecule has 0 aromatic heterocycles. The zero-order valence-electron chi connectivity index (χ0n) is 4.40. The fourth-order valence-corrected chi connectivity index (χ4v) is 0.677. The summed E-state index contributed by atoms with van der Waals surface area (Å²) in [7, 11) is 0. The number of rotatable bonds is 0. The SMILES string of the molecule is C/C=C1/CCC1=O. The van der Waals surface area contributed by atoms with Crippen molar-refractivity contribution in [2.45, 2.75) is 19.8 Å². The molecule has 1 rings (SSSR count). The van der Waals surface area contributed by atoms with Gasteiger partial charge in [-0.2, -0.15) is 0 Å². The van der Waals surface area contributed by atoms with Gasteiger partial charge in [0, 0.05) is 6.42 Å². The van der Waals surface area contributed by atoms with Crippen LogP contribution in [0.2, 0.25) is 0 Å². The normalized spacial score (nSPS) is 25.3. The lowest BCUT2D eigenvalue weighted by Crippen LogP contribution is -2.13. The highest BCUT2D eigenvalue weighted by Gasteiger charge is 2.17. The monoisotopic (exact) mass is 96.1 g/mol. The Kier molecular flexibility index (Phi) is 0.970. The van der Waals surface area contributed by atoms with Crippen LogP contribution in [0.25, 0.3) is 0 Å². The molecule has 0 amide bonds. The molecule has 1 aliphatic carbocycles. The Morgan fingerprint density at radius 2 is 2.29 bits per heavy atom. The molecule has 38 valence electrons. The van der Waals surface area contributed by atoms with Gasteiger partial charge in [-0.15, -0.1) is 0 Å². The third-order valence-electron chi connectivity index (χ3n) is 1.33. The van der Waals surface area contributed by atoms with Gasteiger partial charge in [0.25, 0.3) is 0 Å². The smallest absolute Gasteiger partial charge is 0.158 e. The van der Waals surface area contributed by atoms with Crippen molar-refractivity contribution in [3.63, 3.8) is 0 Å². The van der Waals surface area contributed by atoms with Gasteiger partial charge < -0.3 is 0 Å². The first-order valence-electron chi connectivity index (χ1n) is 2.53. The molecule has 1 heteroatoms. The Balaban J connectivity index is 2.61. The van der Waals surface area contributed by atoms with Gasteiger partial charge in [0.15, 0.2) is 5.78 Å². The fourth-order valence-electron chi connectivity index (χ4n) is 0.677. The highest BCUT2D eigenvalue weighted by molar-refractivity contribution is 6.01. The summed E-state index contributed by atoms with van der Waals surface area (Å²) in [6.45, 7) is 1.91. The van der Waals surface area contributed by atoms with E-state index in [2.05, 4.69) is 0 Å². The molecule has 0 spiro atoms. The van der Waals surface area contributed by atoms with Crippen molar-refractivity contribution in [3.8, 4) is 0 Å². The van der Waals surface area contributed by atoms with Gasteiger partial charge >= 0.3 is 0 Å². The zero-order chi connectivity index (χ0) is 5.28. The van der Waals surface area contributed by atoms with Crippen LogP contribution < -0.4 is 0 Å². The number of carbonyl (C=O) groups is 1. The lowest BCUT2D eigenvalue weighted by atomic mass is 9.91. The highest BCUT2D eigenvalue weighted by Crippen LogP contribution is 2.19. The molecule has 0 atom stereocenters. The first kappa shape index (κ1) is 4.57. The van der Waals surface area contributed by atoms with Crippen LogP contribution in [0.4, 0.5) is 0 Å². The Bertz CT molecular complexity index is 122. The summed E-state index contributed by atoms with van der Waals surface area (Å²) in [4.78, 5) is 10.4. The van der Waals surface area contributed by atoms with E-state index < -0.39 is 0 Å². The number of Topliss-reactive ketones (excluding diaryl/α,β-unsaturated/α-hetero) is 1. The van der Waals surface area contributed by atoms with E-state index in [-0.39, 0.29) is 0 Å². The third kappa shape index (κ3) is 0.581.